The molecule has 2 amide bonds. The normalized spacial score (nSPS) is 11.9. The second kappa shape index (κ2) is 11.7. The number of nitrogens with one attached hydrogen (secondary N) is 2. The minimum Gasteiger partial charge on any atom is -0.497 e. The average Bonchev–Trinajstić information content (AvgIpc) is 3.18. The predicted molar refractivity (Wildman–Crippen MR) is 138 cm³/mol. The van der Waals surface area contributed by atoms with E-state index >= 15 is 0 Å². The molecular weight excluding hydrogens is 542 g/mol. The molecule has 0 spiro atoms. The highest BCUT2D eigenvalue weighted by Gasteiger charge is 2.25. The maximum absolute atomic E-state index is 12.8. The molecule has 11 heteroatoms. The summed E-state index contributed by atoms with van der Waals surface area (Å²) < 4.78 is 7.70. The van der Waals surface area contributed by atoms with Gasteiger partial charge >= 0.3 is 0 Å². The van der Waals surface area contributed by atoms with Gasteiger partial charge in [-0.2, -0.15) is 0 Å². The Morgan fingerprint density at radius 3 is 2.50 bits per heavy atom. The molecule has 0 bridgehead atoms. The molecule has 0 aliphatic rings. The van der Waals surface area contributed by atoms with Crippen LogP contribution in [0.15, 0.2) is 52.1 Å². The van der Waals surface area contributed by atoms with Gasteiger partial charge in [0.15, 0.2) is 11.0 Å². The molecule has 2 N–H and O–H groups in total. The molecule has 0 fully saturated rings. The molecule has 34 heavy (non-hydrogen) atoms. The van der Waals surface area contributed by atoms with E-state index in [1.807, 2.05) is 20.9 Å². The first kappa shape index (κ1) is 26.1. The molecule has 0 radical (unpaired) electrons. The number of ether oxygens (including phenoxy) is 1. The van der Waals surface area contributed by atoms with Crippen molar-refractivity contribution in [3.05, 3.63) is 63.3 Å². The Balaban J connectivity index is 1.65. The fraction of sp³-hybridized carbons (Fsp3) is 0.304. The standard InChI is InChI=1S/C23H25BrClN5O3S/c1-13(2)20(27-22(32)14-5-8-16(33-4)9-6-14)21-28-29-23(30(21)3)34-12-19(31)26-15-7-10-17(24)18(25)11-15/h5-11,13,20H,12H2,1-4H3,(H,26,31)(H,27,32)/t20-/m1/s1. The molecule has 0 saturated heterocycles. The summed E-state index contributed by atoms with van der Waals surface area (Å²) in [4.78, 5) is 25.2. The van der Waals surface area contributed by atoms with Crippen LogP contribution in [-0.4, -0.2) is 39.4 Å². The highest BCUT2D eigenvalue weighted by Crippen LogP contribution is 2.27. The van der Waals surface area contributed by atoms with Crippen LogP contribution < -0.4 is 15.4 Å². The number of anilines is 1. The molecule has 0 aliphatic carbocycles. The van der Waals surface area contributed by atoms with E-state index in [0.717, 1.165) is 4.47 Å². The van der Waals surface area contributed by atoms with Crippen molar-refractivity contribution in [1.29, 1.82) is 0 Å². The number of carbonyl (C=O) groups excluding carboxylic acids is 2. The lowest BCUT2D eigenvalue weighted by molar-refractivity contribution is -0.113. The van der Waals surface area contributed by atoms with Crippen molar-refractivity contribution in [3.8, 4) is 5.75 Å². The summed E-state index contributed by atoms with van der Waals surface area (Å²) in [5, 5.41) is 15.5. The maximum atomic E-state index is 12.8. The van der Waals surface area contributed by atoms with Crippen LogP contribution in [0.25, 0.3) is 0 Å². The van der Waals surface area contributed by atoms with E-state index in [1.54, 1.807) is 54.1 Å². The molecule has 0 aliphatic heterocycles. The van der Waals surface area contributed by atoms with Gasteiger partial charge in [-0.05, 0) is 64.3 Å². The van der Waals surface area contributed by atoms with E-state index in [9.17, 15) is 9.59 Å². The minimum absolute atomic E-state index is 0.0633. The van der Waals surface area contributed by atoms with Gasteiger partial charge in [0.1, 0.15) is 5.75 Å². The SMILES string of the molecule is COc1ccc(C(=O)N[C@@H](c2nnc(SCC(=O)Nc3ccc(Br)c(Cl)c3)n2C)C(C)C)cc1. The number of nitrogens with zero attached hydrogens (tertiary/aromatic N) is 3. The number of methoxy groups -OCH3 is 1. The van der Waals surface area contributed by atoms with Gasteiger partial charge in [0.25, 0.3) is 5.91 Å². The Hall–Kier alpha value is -2.56. The number of aromatic nitrogens is 3. The van der Waals surface area contributed by atoms with Gasteiger partial charge in [0.05, 0.1) is 23.9 Å². The van der Waals surface area contributed by atoms with Gasteiger partial charge in [-0.25, -0.2) is 0 Å². The molecule has 3 aromatic rings. The van der Waals surface area contributed by atoms with E-state index in [0.29, 0.717) is 33.0 Å². The van der Waals surface area contributed by atoms with Crippen LogP contribution in [0.1, 0.15) is 36.1 Å². The molecule has 3 rings (SSSR count). The van der Waals surface area contributed by atoms with E-state index < -0.39 is 0 Å². The molecule has 180 valence electrons. The van der Waals surface area contributed by atoms with Crippen LogP contribution in [0.2, 0.25) is 5.02 Å². The van der Waals surface area contributed by atoms with Crippen molar-refractivity contribution in [1.82, 2.24) is 20.1 Å². The summed E-state index contributed by atoms with van der Waals surface area (Å²) in [6, 6.07) is 11.7. The summed E-state index contributed by atoms with van der Waals surface area (Å²) in [6.45, 7) is 3.99. The molecule has 0 saturated carbocycles. The molecule has 1 aromatic heterocycles. The van der Waals surface area contributed by atoms with E-state index in [-0.39, 0.29) is 29.5 Å². The number of halogens is 2. The maximum Gasteiger partial charge on any atom is 0.251 e. The van der Waals surface area contributed by atoms with Crippen LogP contribution in [0.3, 0.4) is 0 Å². The van der Waals surface area contributed by atoms with Crippen LogP contribution in [0.4, 0.5) is 5.69 Å². The summed E-state index contributed by atoms with van der Waals surface area (Å²) in [7, 11) is 3.40. The van der Waals surface area contributed by atoms with Gasteiger partial charge in [-0.15, -0.1) is 10.2 Å². The van der Waals surface area contributed by atoms with Crippen molar-refractivity contribution in [2.45, 2.75) is 25.0 Å². The van der Waals surface area contributed by atoms with E-state index in [4.69, 9.17) is 16.3 Å². The lowest BCUT2D eigenvalue weighted by atomic mass is 10.0. The lowest BCUT2D eigenvalue weighted by Crippen LogP contribution is -2.33. The second-order valence-electron chi connectivity index (χ2n) is 7.79. The minimum atomic E-state index is -0.361. The van der Waals surface area contributed by atoms with E-state index in [2.05, 4.69) is 36.8 Å². The molecule has 2 aromatic carbocycles. The smallest absolute Gasteiger partial charge is 0.251 e. The molecule has 1 atom stereocenters. The second-order valence-corrected chi connectivity index (χ2v) is 9.99. The lowest BCUT2D eigenvalue weighted by Gasteiger charge is -2.21. The van der Waals surface area contributed by atoms with Crippen LogP contribution in [0.5, 0.6) is 5.75 Å². The fourth-order valence-electron chi connectivity index (χ4n) is 3.12. The first-order chi connectivity index (χ1) is 16.2. The highest BCUT2D eigenvalue weighted by molar-refractivity contribution is 9.10. The molecule has 1 heterocycles. The van der Waals surface area contributed by atoms with Gasteiger partial charge in [0.2, 0.25) is 5.91 Å². The van der Waals surface area contributed by atoms with Gasteiger partial charge < -0.3 is 19.9 Å². The summed E-state index contributed by atoms with van der Waals surface area (Å²) in [6.07, 6.45) is 0. The van der Waals surface area contributed by atoms with Gasteiger partial charge in [-0.1, -0.05) is 37.2 Å². The number of carbonyl (C=O) groups is 2. The Morgan fingerprint density at radius 2 is 1.88 bits per heavy atom. The summed E-state index contributed by atoms with van der Waals surface area (Å²) in [5.41, 5.74) is 1.13. The zero-order valence-electron chi connectivity index (χ0n) is 19.1. The number of hydrogen-bond donors (Lipinski definition) is 2. The topological polar surface area (TPSA) is 98.1 Å². The van der Waals surface area contributed by atoms with Crippen molar-refractivity contribution in [2.24, 2.45) is 13.0 Å². The summed E-state index contributed by atoms with van der Waals surface area (Å²) >= 11 is 10.7. The monoisotopic (exact) mass is 565 g/mol. The van der Waals surface area contributed by atoms with Crippen molar-refractivity contribution < 1.29 is 14.3 Å². The number of benzene rings is 2. The van der Waals surface area contributed by atoms with Crippen LogP contribution in [-0.2, 0) is 11.8 Å². The predicted octanol–water partition coefficient (Wildman–Crippen LogP) is 5.10. The Kier molecular flexibility index (Phi) is 8.98. The highest BCUT2D eigenvalue weighted by atomic mass is 79.9. The van der Waals surface area contributed by atoms with Crippen molar-refractivity contribution in [2.75, 3.05) is 18.2 Å². The number of rotatable bonds is 9. The molecule has 8 nitrogen and oxygen atoms in total. The Morgan fingerprint density at radius 1 is 1.18 bits per heavy atom. The van der Waals surface area contributed by atoms with E-state index in [1.165, 1.54) is 11.8 Å². The third kappa shape index (κ3) is 6.52. The Bertz CT molecular complexity index is 1170. The first-order valence-corrected chi connectivity index (χ1v) is 12.6. The third-order valence-electron chi connectivity index (χ3n) is 4.99. The zero-order valence-corrected chi connectivity index (χ0v) is 22.3. The van der Waals surface area contributed by atoms with Crippen LogP contribution in [0, 0.1) is 5.92 Å². The van der Waals surface area contributed by atoms with Crippen LogP contribution >= 0.6 is 39.3 Å². The molecular formula is C23H25BrClN5O3S. The van der Waals surface area contributed by atoms with Crippen molar-refractivity contribution in [3.63, 3.8) is 0 Å². The van der Waals surface area contributed by atoms with Gasteiger partial charge in [-0.3, -0.25) is 9.59 Å². The third-order valence-corrected chi connectivity index (χ3v) is 7.24. The van der Waals surface area contributed by atoms with Crippen molar-refractivity contribution >= 4 is 56.8 Å². The Labute approximate surface area is 215 Å². The fourth-order valence-corrected chi connectivity index (χ4v) is 4.27. The first-order valence-electron chi connectivity index (χ1n) is 10.4. The number of thioether (sulfide) groups is 1. The number of amides is 2. The summed E-state index contributed by atoms with van der Waals surface area (Å²) in [5.74, 6) is 1.09. The van der Waals surface area contributed by atoms with Gasteiger partial charge in [0, 0.05) is 22.8 Å². The quantitative estimate of drug-likeness (QED) is 0.350. The molecule has 0 unspecified atom stereocenters. The largest absolute Gasteiger partial charge is 0.497 e. The average molecular weight is 567 g/mol. The number of hydrogen-bond acceptors (Lipinski definition) is 6. The zero-order chi connectivity index (χ0) is 24.8.